The lowest BCUT2D eigenvalue weighted by Gasteiger charge is -2.10. The minimum atomic E-state index is -0.441. The van der Waals surface area contributed by atoms with E-state index in [9.17, 15) is 4.79 Å². The molecule has 1 amide bonds. The Morgan fingerprint density at radius 2 is 2.00 bits per heavy atom. The maximum atomic E-state index is 10.6. The van der Waals surface area contributed by atoms with E-state index in [0.29, 0.717) is 10.0 Å². The van der Waals surface area contributed by atoms with Crippen LogP contribution in [0, 0.1) is 0 Å². The van der Waals surface area contributed by atoms with E-state index in [1.54, 1.807) is 18.2 Å². The van der Waals surface area contributed by atoms with E-state index in [-0.39, 0.29) is 6.42 Å². The fraction of sp³-hybridized carbons (Fsp3) is 0.222. The Balaban J connectivity index is 2.85. The van der Waals surface area contributed by atoms with E-state index in [4.69, 9.17) is 34.7 Å². The molecule has 0 aliphatic heterocycles. The van der Waals surface area contributed by atoms with Gasteiger partial charge in [0.1, 0.15) is 0 Å². The molecule has 0 saturated carbocycles. The number of rotatable bonds is 3. The molecule has 0 bridgehead atoms. The molecular weight excluding hydrogens is 223 g/mol. The minimum absolute atomic E-state index is 0.0952. The summed E-state index contributed by atoms with van der Waals surface area (Å²) >= 11 is 11.5. The topological polar surface area (TPSA) is 69.1 Å². The molecule has 0 unspecified atom stereocenters. The second-order valence-electron chi connectivity index (χ2n) is 2.95. The van der Waals surface area contributed by atoms with Crippen molar-refractivity contribution in [3.05, 3.63) is 33.8 Å². The third-order valence-corrected chi connectivity index (χ3v) is 2.53. The first-order valence-electron chi connectivity index (χ1n) is 3.99. The number of amides is 1. The van der Waals surface area contributed by atoms with E-state index < -0.39 is 11.9 Å². The smallest absolute Gasteiger partial charge is 0.219 e. The number of hydrogen-bond acceptors (Lipinski definition) is 2. The average molecular weight is 233 g/mol. The molecule has 0 radical (unpaired) electrons. The molecule has 1 aromatic carbocycles. The van der Waals surface area contributed by atoms with Crippen molar-refractivity contribution < 1.29 is 4.79 Å². The zero-order valence-corrected chi connectivity index (χ0v) is 8.85. The largest absolute Gasteiger partial charge is 0.370 e. The van der Waals surface area contributed by atoms with Crippen LogP contribution in [0.4, 0.5) is 0 Å². The lowest BCUT2D eigenvalue weighted by atomic mass is 10.0. The Hall–Kier alpha value is -0.770. The molecule has 76 valence electrons. The van der Waals surface area contributed by atoms with Crippen molar-refractivity contribution in [1.82, 2.24) is 0 Å². The first-order valence-corrected chi connectivity index (χ1v) is 4.75. The van der Waals surface area contributed by atoms with Crippen LogP contribution in [0.1, 0.15) is 18.0 Å². The van der Waals surface area contributed by atoms with Crippen molar-refractivity contribution in [2.45, 2.75) is 12.5 Å². The van der Waals surface area contributed by atoms with Gasteiger partial charge in [-0.3, -0.25) is 4.79 Å². The van der Waals surface area contributed by atoms with Crippen LogP contribution in [0.2, 0.25) is 10.0 Å². The molecule has 0 fully saturated rings. The predicted molar refractivity (Wildman–Crippen MR) is 57.2 cm³/mol. The highest BCUT2D eigenvalue weighted by molar-refractivity contribution is 6.42. The SMILES string of the molecule is NC(=O)C[C@H](N)c1ccc(Cl)c(Cl)c1. The molecule has 1 aromatic rings. The highest BCUT2D eigenvalue weighted by atomic mass is 35.5. The molecule has 0 aliphatic rings. The molecule has 4 N–H and O–H groups in total. The molecule has 1 atom stereocenters. The number of hydrogen-bond donors (Lipinski definition) is 2. The van der Waals surface area contributed by atoms with E-state index in [0.717, 1.165) is 5.56 Å². The first-order chi connectivity index (χ1) is 6.50. The minimum Gasteiger partial charge on any atom is -0.370 e. The van der Waals surface area contributed by atoms with Crippen LogP contribution in [-0.2, 0) is 4.79 Å². The molecular formula is C9H10Cl2N2O. The summed E-state index contributed by atoms with van der Waals surface area (Å²) in [7, 11) is 0. The van der Waals surface area contributed by atoms with Crippen molar-refractivity contribution in [3.8, 4) is 0 Å². The molecule has 1 rings (SSSR count). The van der Waals surface area contributed by atoms with Crippen LogP contribution in [-0.4, -0.2) is 5.91 Å². The number of carbonyl (C=O) groups is 1. The summed E-state index contributed by atoms with van der Waals surface area (Å²) in [6.45, 7) is 0. The second kappa shape index (κ2) is 4.64. The van der Waals surface area contributed by atoms with Gasteiger partial charge in [0.2, 0.25) is 5.91 Å². The fourth-order valence-electron chi connectivity index (χ4n) is 1.08. The van der Waals surface area contributed by atoms with Crippen LogP contribution in [0.5, 0.6) is 0 Å². The Labute approximate surface area is 92.0 Å². The standard InChI is InChI=1S/C9H10Cl2N2O/c10-6-2-1-5(3-7(6)11)8(12)4-9(13)14/h1-3,8H,4,12H2,(H2,13,14)/t8-/m0/s1. The molecule has 14 heavy (non-hydrogen) atoms. The van der Waals surface area contributed by atoms with Crippen molar-refractivity contribution in [3.63, 3.8) is 0 Å². The van der Waals surface area contributed by atoms with Crippen molar-refractivity contribution in [1.29, 1.82) is 0 Å². The van der Waals surface area contributed by atoms with E-state index in [1.165, 1.54) is 0 Å². The Morgan fingerprint density at radius 3 is 2.50 bits per heavy atom. The van der Waals surface area contributed by atoms with Gasteiger partial charge in [-0.15, -0.1) is 0 Å². The summed E-state index contributed by atoms with van der Waals surface area (Å²) in [5.74, 6) is -0.441. The van der Waals surface area contributed by atoms with Gasteiger partial charge < -0.3 is 11.5 Å². The van der Waals surface area contributed by atoms with Crippen LogP contribution in [0.3, 0.4) is 0 Å². The number of halogens is 2. The lowest BCUT2D eigenvalue weighted by Crippen LogP contribution is -2.20. The monoisotopic (exact) mass is 232 g/mol. The van der Waals surface area contributed by atoms with Gasteiger partial charge in [-0.1, -0.05) is 29.3 Å². The average Bonchev–Trinajstić information content (AvgIpc) is 2.08. The van der Waals surface area contributed by atoms with Gasteiger partial charge in [0.05, 0.1) is 10.0 Å². The van der Waals surface area contributed by atoms with Gasteiger partial charge in [0.25, 0.3) is 0 Å². The molecule has 0 spiro atoms. The Bertz CT molecular complexity index is 355. The third-order valence-electron chi connectivity index (χ3n) is 1.79. The van der Waals surface area contributed by atoms with Gasteiger partial charge in [-0.25, -0.2) is 0 Å². The van der Waals surface area contributed by atoms with Gasteiger partial charge in [-0.05, 0) is 17.7 Å². The Kier molecular flexibility index (Phi) is 3.75. The first kappa shape index (κ1) is 11.3. The highest BCUT2D eigenvalue weighted by Crippen LogP contribution is 2.25. The van der Waals surface area contributed by atoms with Crippen LogP contribution in [0.25, 0.3) is 0 Å². The molecule has 5 heteroatoms. The van der Waals surface area contributed by atoms with Crippen LogP contribution >= 0.6 is 23.2 Å². The van der Waals surface area contributed by atoms with Crippen molar-refractivity contribution >= 4 is 29.1 Å². The summed E-state index contributed by atoms with van der Waals surface area (Å²) in [6, 6.07) is 4.57. The molecule has 0 saturated heterocycles. The van der Waals surface area contributed by atoms with Crippen LogP contribution in [0.15, 0.2) is 18.2 Å². The van der Waals surface area contributed by atoms with E-state index >= 15 is 0 Å². The normalized spacial score (nSPS) is 12.5. The molecule has 0 aromatic heterocycles. The Morgan fingerprint density at radius 1 is 1.36 bits per heavy atom. The molecule has 0 aliphatic carbocycles. The van der Waals surface area contributed by atoms with Gasteiger partial charge in [0, 0.05) is 12.5 Å². The fourth-order valence-corrected chi connectivity index (χ4v) is 1.38. The third kappa shape index (κ3) is 2.87. The van der Waals surface area contributed by atoms with Gasteiger partial charge in [-0.2, -0.15) is 0 Å². The summed E-state index contributed by atoms with van der Waals surface area (Å²) in [5, 5.41) is 0.880. The van der Waals surface area contributed by atoms with Crippen molar-refractivity contribution in [2.75, 3.05) is 0 Å². The quantitative estimate of drug-likeness (QED) is 0.836. The maximum Gasteiger partial charge on any atom is 0.219 e. The van der Waals surface area contributed by atoms with Crippen LogP contribution < -0.4 is 11.5 Å². The zero-order chi connectivity index (χ0) is 10.7. The predicted octanol–water partition coefficient (Wildman–Crippen LogP) is 1.87. The molecule has 3 nitrogen and oxygen atoms in total. The second-order valence-corrected chi connectivity index (χ2v) is 3.76. The van der Waals surface area contributed by atoms with Crippen molar-refractivity contribution in [2.24, 2.45) is 11.5 Å². The summed E-state index contributed by atoms with van der Waals surface area (Å²) in [6.07, 6.45) is 0.0952. The highest BCUT2D eigenvalue weighted by Gasteiger charge is 2.10. The van der Waals surface area contributed by atoms with E-state index in [2.05, 4.69) is 0 Å². The lowest BCUT2D eigenvalue weighted by molar-refractivity contribution is -0.118. The maximum absolute atomic E-state index is 10.6. The molecule has 0 heterocycles. The van der Waals surface area contributed by atoms with Gasteiger partial charge >= 0.3 is 0 Å². The number of carbonyl (C=O) groups excluding carboxylic acids is 1. The summed E-state index contributed by atoms with van der Waals surface area (Å²) < 4.78 is 0. The summed E-state index contributed by atoms with van der Waals surface area (Å²) in [4.78, 5) is 10.6. The van der Waals surface area contributed by atoms with E-state index in [1.807, 2.05) is 0 Å². The number of nitrogens with two attached hydrogens (primary N) is 2. The zero-order valence-electron chi connectivity index (χ0n) is 7.34. The number of primary amides is 1. The van der Waals surface area contributed by atoms with Gasteiger partial charge in [0.15, 0.2) is 0 Å². The number of benzene rings is 1. The summed E-state index contributed by atoms with van der Waals surface area (Å²) in [5.41, 5.74) is 11.5.